The first kappa shape index (κ1) is 32.3. The molecule has 4 N–H and O–H groups in total. The monoisotopic (exact) mass is 607 g/mol. The van der Waals surface area contributed by atoms with Crippen LogP contribution in [0.25, 0.3) is 0 Å². The van der Waals surface area contributed by atoms with E-state index in [0.717, 1.165) is 88.1 Å². The number of benzene rings is 2. The van der Waals surface area contributed by atoms with Crippen LogP contribution in [0.5, 0.6) is 0 Å². The molecule has 0 unspecified atom stereocenters. The highest BCUT2D eigenvalue weighted by atomic mass is 19.1. The van der Waals surface area contributed by atoms with E-state index in [4.69, 9.17) is 5.73 Å². The lowest BCUT2D eigenvalue weighted by atomic mass is 9.83. The molecule has 0 radical (unpaired) electrons. The Morgan fingerprint density at radius 1 is 1.02 bits per heavy atom. The molecule has 2 aromatic rings. The Morgan fingerprint density at radius 3 is 2.39 bits per heavy atom. The van der Waals surface area contributed by atoms with E-state index in [1.165, 1.54) is 24.6 Å². The molecular formula is C36H49F2N4O2+. The number of carboxylic acid groups (broad SMARTS) is 1. The summed E-state index contributed by atoms with van der Waals surface area (Å²) in [5.41, 5.74) is 10.1. The molecule has 2 saturated heterocycles. The van der Waals surface area contributed by atoms with E-state index in [-0.39, 0.29) is 29.4 Å². The van der Waals surface area contributed by atoms with Gasteiger partial charge in [0.15, 0.2) is 5.71 Å². The number of aliphatic carboxylic acids is 1. The third kappa shape index (κ3) is 8.33. The SMILES string of the molecule is CC[NH+]=C(C=C(N)Cc1cccc(F)c1)C1CCN(C[C@H]2CN([C@@H](C(=O)O)C3CCCCC3)C[C@@H]2c2cccc(F)c2)CC1. The Hall–Kier alpha value is -3.10. The van der Waals surface area contributed by atoms with Crippen molar-refractivity contribution in [3.8, 4) is 0 Å². The lowest BCUT2D eigenvalue weighted by molar-refractivity contribution is -0.454. The molecule has 2 heterocycles. The van der Waals surface area contributed by atoms with Gasteiger partial charge in [-0.1, -0.05) is 43.5 Å². The molecule has 238 valence electrons. The van der Waals surface area contributed by atoms with Crippen LogP contribution >= 0.6 is 0 Å². The lowest BCUT2D eigenvalue weighted by Crippen LogP contribution is -2.73. The Morgan fingerprint density at radius 2 is 1.73 bits per heavy atom. The fourth-order valence-electron chi connectivity index (χ4n) is 7.95. The fraction of sp³-hybridized carbons (Fsp3) is 0.556. The lowest BCUT2D eigenvalue weighted by Gasteiger charge is -2.35. The minimum atomic E-state index is -0.715. The Kier molecular flexibility index (Phi) is 11.2. The van der Waals surface area contributed by atoms with Gasteiger partial charge in [-0.3, -0.25) is 9.69 Å². The molecule has 6 nitrogen and oxygen atoms in total. The number of likely N-dealkylation sites (tertiary alicyclic amines) is 2. The highest BCUT2D eigenvalue weighted by Gasteiger charge is 2.43. The summed E-state index contributed by atoms with van der Waals surface area (Å²) in [6.45, 7) is 7.02. The molecule has 5 rings (SSSR count). The van der Waals surface area contributed by atoms with Gasteiger partial charge < -0.3 is 15.7 Å². The minimum absolute atomic E-state index is 0.100. The number of carbonyl (C=O) groups is 1. The normalized spacial score (nSPS) is 24.1. The van der Waals surface area contributed by atoms with Crippen LogP contribution in [0.3, 0.4) is 0 Å². The second kappa shape index (κ2) is 15.3. The van der Waals surface area contributed by atoms with E-state index in [2.05, 4.69) is 21.7 Å². The maximum absolute atomic E-state index is 14.3. The van der Waals surface area contributed by atoms with E-state index < -0.39 is 12.0 Å². The van der Waals surface area contributed by atoms with Gasteiger partial charge in [0.2, 0.25) is 0 Å². The van der Waals surface area contributed by atoms with Gasteiger partial charge in [-0.2, -0.15) is 0 Å². The molecule has 3 aliphatic rings. The zero-order valence-electron chi connectivity index (χ0n) is 26.1. The van der Waals surface area contributed by atoms with Crippen LogP contribution in [-0.2, 0) is 11.2 Å². The molecule has 0 bridgehead atoms. The van der Waals surface area contributed by atoms with Crippen LogP contribution < -0.4 is 10.7 Å². The Balaban J connectivity index is 1.25. The average molecular weight is 608 g/mol. The van der Waals surface area contributed by atoms with Crippen molar-refractivity contribution >= 4 is 11.7 Å². The number of carboxylic acids is 1. The first-order valence-electron chi connectivity index (χ1n) is 16.6. The zero-order valence-corrected chi connectivity index (χ0v) is 26.1. The average Bonchev–Trinajstić information content (AvgIpc) is 3.40. The number of nitrogens with zero attached hydrogens (tertiary/aromatic N) is 2. The molecular weight excluding hydrogens is 558 g/mol. The minimum Gasteiger partial charge on any atom is -0.480 e. The van der Waals surface area contributed by atoms with Gasteiger partial charge in [0, 0.05) is 49.7 Å². The van der Waals surface area contributed by atoms with Gasteiger partial charge in [0.05, 0.1) is 0 Å². The predicted molar refractivity (Wildman–Crippen MR) is 170 cm³/mol. The molecule has 3 atom stereocenters. The van der Waals surface area contributed by atoms with Crippen molar-refractivity contribution in [2.75, 3.05) is 39.3 Å². The zero-order chi connectivity index (χ0) is 31.1. The number of rotatable bonds is 11. The number of piperidine rings is 1. The molecule has 0 aromatic heterocycles. The molecule has 1 saturated carbocycles. The van der Waals surface area contributed by atoms with Crippen molar-refractivity contribution in [1.82, 2.24) is 9.80 Å². The highest BCUT2D eigenvalue weighted by molar-refractivity contribution is 5.92. The number of allylic oxidation sites excluding steroid dienone is 2. The molecule has 0 spiro atoms. The maximum Gasteiger partial charge on any atom is 0.321 e. The summed E-state index contributed by atoms with van der Waals surface area (Å²) in [5.74, 6) is -0.326. The predicted octanol–water partition coefficient (Wildman–Crippen LogP) is 4.35. The van der Waals surface area contributed by atoms with Gasteiger partial charge in [-0.05, 0) is 92.9 Å². The summed E-state index contributed by atoms with van der Waals surface area (Å²) < 4.78 is 28.0. The number of halogens is 2. The maximum atomic E-state index is 14.3. The van der Waals surface area contributed by atoms with Crippen LogP contribution in [-0.4, -0.2) is 71.9 Å². The quantitative estimate of drug-likeness (QED) is 0.331. The molecule has 2 aromatic carbocycles. The van der Waals surface area contributed by atoms with Crippen molar-refractivity contribution in [2.45, 2.75) is 70.3 Å². The number of nitrogens with one attached hydrogen (secondary N) is 1. The molecule has 1 aliphatic carbocycles. The van der Waals surface area contributed by atoms with Gasteiger partial charge >= 0.3 is 5.97 Å². The molecule has 3 fully saturated rings. The Labute approximate surface area is 261 Å². The van der Waals surface area contributed by atoms with Crippen molar-refractivity contribution in [3.63, 3.8) is 0 Å². The van der Waals surface area contributed by atoms with Crippen LogP contribution in [0.2, 0.25) is 0 Å². The summed E-state index contributed by atoms with van der Waals surface area (Å²) in [6.07, 6.45) is 9.88. The first-order chi connectivity index (χ1) is 21.3. The summed E-state index contributed by atoms with van der Waals surface area (Å²) in [7, 11) is 0. The summed E-state index contributed by atoms with van der Waals surface area (Å²) in [6, 6.07) is 13.0. The molecule has 0 amide bonds. The highest BCUT2D eigenvalue weighted by Crippen LogP contribution is 2.39. The third-order valence-electron chi connectivity index (χ3n) is 10.0. The van der Waals surface area contributed by atoms with Crippen LogP contribution in [0.4, 0.5) is 8.78 Å². The van der Waals surface area contributed by atoms with E-state index in [0.29, 0.717) is 24.6 Å². The standard InChI is InChI=1S/C36H48F2N4O2/c1-2-40-34(21-32(39)19-25-8-6-12-30(37)18-25)26-14-16-41(17-15-26)22-29-23-42(24-33(29)28-11-7-13-31(38)20-28)35(36(43)44)27-9-4-3-5-10-27/h6-8,11-13,18,20-21,26-27,29,33,35H,2-5,9-10,14-17,19,22-24,39H2,1H3,(H,43,44)/p+1/t29-,33+,35+/m0/s1. The Bertz CT molecular complexity index is 1320. The molecule has 44 heavy (non-hydrogen) atoms. The second-order valence-corrected chi connectivity index (χ2v) is 13.1. The van der Waals surface area contributed by atoms with E-state index >= 15 is 0 Å². The van der Waals surface area contributed by atoms with Crippen LogP contribution in [0, 0.1) is 29.4 Å². The van der Waals surface area contributed by atoms with Crippen molar-refractivity contribution in [1.29, 1.82) is 0 Å². The number of hydrogen-bond donors (Lipinski definition) is 3. The summed E-state index contributed by atoms with van der Waals surface area (Å²) in [4.78, 5) is 20.8. The van der Waals surface area contributed by atoms with Gasteiger partial charge in [-0.25, -0.2) is 13.8 Å². The third-order valence-corrected chi connectivity index (χ3v) is 10.0. The number of hydrogen-bond acceptors (Lipinski definition) is 4. The van der Waals surface area contributed by atoms with Crippen molar-refractivity contribution < 1.29 is 23.7 Å². The fourth-order valence-corrected chi connectivity index (χ4v) is 7.95. The summed E-state index contributed by atoms with van der Waals surface area (Å²) in [5, 5.41) is 10.3. The van der Waals surface area contributed by atoms with E-state index in [1.54, 1.807) is 18.2 Å². The van der Waals surface area contributed by atoms with Gasteiger partial charge in [-0.15, -0.1) is 0 Å². The topological polar surface area (TPSA) is 83.8 Å². The van der Waals surface area contributed by atoms with Crippen LogP contribution in [0.15, 0.2) is 60.3 Å². The van der Waals surface area contributed by atoms with Crippen LogP contribution in [0.1, 0.15) is 68.9 Å². The van der Waals surface area contributed by atoms with E-state index in [1.807, 2.05) is 18.2 Å². The number of nitrogens with two attached hydrogens (primary N) is 1. The summed E-state index contributed by atoms with van der Waals surface area (Å²) >= 11 is 0. The van der Waals surface area contributed by atoms with Gasteiger partial charge in [0.1, 0.15) is 24.2 Å². The van der Waals surface area contributed by atoms with Crippen molar-refractivity contribution in [2.24, 2.45) is 23.5 Å². The first-order valence-corrected chi connectivity index (χ1v) is 16.6. The smallest absolute Gasteiger partial charge is 0.321 e. The largest absolute Gasteiger partial charge is 0.480 e. The molecule has 8 heteroatoms. The van der Waals surface area contributed by atoms with Crippen molar-refractivity contribution in [3.05, 3.63) is 83.1 Å². The van der Waals surface area contributed by atoms with E-state index in [9.17, 15) is 18.7 Å². The molecule has 2 aliphatic heterocycles. The second-order valence-electron chi connectivity index (χ2n) is 13.1. The van der Waals surface area contributed by atoms with Gasteiger partial charge in [0.25, 0.3) is 0 Å².